The number of nitrogens with one attached hydrogen (secondary N) is 1. The van der Waals surface area contributed by atoms with E-state index in [2.05, 4.69) is 36.3 Å². The van der Waals surface area contributed by atoms with Gasteiger partial charge in [0.2, 0.25) is 0 Å². The summed E-state index contributed by atoms with van der Waals surface area (Å²) in [6, 6.07) is 6.68. The molecular weight excluding hydrogens is 264 g/mol. The van der Waals surface area contributed by atoms with Crippen molar-refractivity contribution in [2.45, 2.75) is 32.2 Å². The van der Waals surface area contributed by atoms with Crippen LogP contribution in [0.3, 0.4) is 0 Å². The van der Waals surface area contributed by atoms with Crippen molar-refractivity contribution in [3.05, 3.63) is 18.2 Å². The second-order valence-corrected chi connectivity index (χ2v) is 6.29. The first kappa shape index (κ1) is 14.5. The number of hydrogen-bond acceptors (Lipinski definition) is 4. The number of benzene rings is 1. The third kappa shape index (κ3) is 3.62. The lowest BCUT2D eigenvalue weighted by atomic mass is 9.90. The first-order valence-corrected chi connectivity index (χ1v) is 8.07. The van der Waals surface area contributed by atoms with Gasteiger partial charge in [-0.15, -0.1) is 0 Å². The standard InChI is InChI=1S/C17H26N2O2/c1-13(14-6-8-19(2)9-7-14)18-15-4-5-16-17(12-15)21-11-3-10-20-16/h4-5,12-14,18H,3,6-11H2,1-2H3. The molecule has 0 spiro atoms. The number of anilines is 1. The number of rotatable bonds is 3. The van der Waals surface area contributed by atoms with E-state index in [1.165, 1.54) is 25.9 Å². The third-order valence-corrected chi connectivity index (χ3v) is 4.61. The number of fused-ring (bicyclic) bond motifs is 1. The minimum Gasteiger partial charge on any atom is -0.490 e. The Morgan fingerprint density at radius 3 is 2.62 bits per heavy atom. The topological polar surface area (TPSA) is 33.7 Å². The maximum absolute atomic E-state index is 5.76. The lowest BCUT2D eigenvalue weighted by molar-refractivity contribution is 0.208. The fraction of sp³-hybridized carbons (Fsp3) is 0.647. The largest absolute Gasteiger partial charge is 0.490 e. The third-order valence-electron chi connectivity index (χ3n) is 4.61. The summed E-state index contributed by atoms with van der Waals surface area (Å²) in [5.74, 6) is 2.48. The summed E-state index contributed by atoms with van der Waals surface area (Å²) in [6.07, 6.45) is 3.49. The van der Waals surface area contributed by atoms with Crippen LogP contribution in [0.1, 0.15) is 26.2 Å². The van der Waals surface area contributed by atoms with Gasteiger partial charge in [-0.05, 0) is 58.0 Å². The van der Waals surface area contributed by atoms with Crippen LogP contribution >= 0.6 is 0 Å². The van der Waals surface area contributed by atoms with Crippen molar-refractivity contribution in [1.82, 2.24) is 4.90 Å². The van der Waals surface area contributed by atoms with Crippen LogP contribution in [-0.4, -0.2) is 44.3 Å². The lowest BCUT2D eigenvalue weighted by Gasteiger charge is -2.33. The molecular formula is C17H26N2O2. The van der Waals surface area contributed by atoms with Crippen LogP contribution in [0.2, 0.25) is 0 Å². The molecule has 1 aromatic carbocycles. The van der Waals surface area contributed by atoms with E-state index in [1.807, 2.05) is 6.07 Å². The fourth-order valence-electron chi connectivity index (χ4n) is 3.16. The molecule has 1 N–H and O–H groups in total. The lowest BCUT2D eigenvalue weighted by Crippen LogP contribution is -2.37. The molecule has 1 aromatic rings. The van der Waals surface area contributed by atoms with E-state index in [0.717, 1.165) is 42.7 Å². The van der Waals surface area contributed by atoms with Crippen LogP contribution in [-0.2, 0) is 0 Å². The predicted octanol–water partition coefficient (Wildman–Crippen LogP) is 2.99. The molecule has 4 nitrogen and oxygen atoms in total. The van der Waals surface area contributed by atoms with E-state index in [9.17, 15) is 0 Å². The summed E-state index contributed by atoms with van der Waals surface area (Å²) in [6.45, 7) is 6.18. The van der Waals surface area contributed by atoms with Gasteiger partial charge in [-0.25, -0.2) is 0 Å². The van der Waals surface area contributed by atoms with E-state index in [-0.39, 0.29) is 0 Å². The average molecular weight is 290 g/mol. The Balaban J connectivity index is 1.63. The number of piperidine rings is 1. The fourth-order valence-corrected chi connectivity index (χ4v) is 3.16. The highest BCUT2D eigenvalue weighted by atomic mass is 16.5. The van der Waals surface area contributed by atoms with Gasteiger partial charge in [-0.2, -0.15) is 0 Å². The summed E-state index contributed by atoms with van der Waals surface area (Å²) in [4.78, 5) is 2.41. The summed E-state index contributed by atoms with van der Waals surface area (Å²) in [5, 5.41) is 3.64. The van der Waals surface area contributed by atoms with Crippen molar-refractivity contribution < 1.29 is 9.47 Å². The van der Waals surface area contributed by atoms with Crippen molar-refractivity contribution in [3.8, 4) is 11.5 Å². The van der Waals surface area contributed by atoms with Crippen LogP contribution in [0.4, 0.5) is 5.69 Å². The average Bonchev–Trinajstić information content (AvgIpc) is 2.72. The Morgan fingerprint density at radius 2 is 1.86 bits per heavy atom. The second kappa shape index (κ2) is 6.56. The molecule has 1 fully saturated rings. The Labute approximate surface area is 127 Å². The maximum atomic E-state index is 5.76. The minimum atomic E-state index is 0.489. The zero-order chi connectivity index (χ0) is 14.7. The van der Waals surface area contributed by atoms with Crippen LogP contribution < -0.4 is 14.8 Å². The van der Waals surface area contributed by atoms with Crippen LogP contribution in [0.15, 0.2) is 18.2 Å². The molecule has 3 rings (SSSR count). The molecule has 116 valence electrons. The normalized spacial score (nSPS) is 21.6. The molecule has 1 unspecified atom stereocenters. The highest BCUT2D eigenvalue weighted by Gasteiger charge is 2.22. The molecule has 0 saturated carbocycles. The van der Waals surface area contributed by atoms with Crippen molar-refractivity contribution in [2.75, 3.05) is 38.7 Å². The second-order valence-electron chi connectivity index (χ2n) is 6.29. The number of hydrogen-bond donors (Lipinski definition) is 1. The molecule has 1 saturated heterocycles. The first-order chi connectivity index (χ1) is 10.2. The maximum Gasteiger partial charge on any atom is 0.163 e. The van der Waals surface area contributed by atoms with E-state index in [0.29, 0.717) is 6.04 Å². The smallest absolute Gasteiger partial charge is 0.163 e. The van der Waals surface area contributed by atoms with Crippen molar-refractivity contribution in [3.63, 3.8) is 0 Å². The van der Waals surface area contributed by atoms with E-state index >= 15 is 0 Å². The molecule has 0 aromatic heterocycles. The molecule has 0 amide bonds. The van der Waals surface area contributed by atoms with Crippen LogP contribution in [0, 0.1) is 5.92 Å². The van der Waals surface area contributed by atoms with Gasteiger partial charge < -0.3 is 19.7 Å². The molecule has 0 bridgehead atoms. The van der Waals surface area contributed by atoms with Crippen LogP contribution in [0.25, 0.3) is 0 Å². The van der Waals surface area contributed by atoms with Crippen molar-refractivity contribution in [1.29, 1.82) is 0 Å². The summed E-state index contributed by atoms with van der Waals surface area (Å²) in [7, 11) is 2.21. The number of likely N-dealkylation sites (tertiary alicyclic amines) is 1. The Kier molecular flexibility index (Phi) is 4.54. The minimum absolute atomic E-state index is 0.489. The predicted molar refractivity (Wildman–Crippen MR) is 85.4 cm³/mol. The van der Waals surface area contributed by atoms with Gasteiger partial charge in [0, 0.05) is 24.2 Å². The van der Waals surface area contributed by atoms with E-state index in [4.69, 9.17) is 9.47 Å². The zero-order valence-electron chi connectivity index (χ0n) is 13.1. The molecule has 2 heterocycles. The van der Waals surface area contributed by atoms with Gasteiger partial charge in [-0.1, -0.05) is 0 Å². The SMILES string of the molecule is CC(Nc1ccc2c(c1)OCCCO2)C1CCN(C)CC1. The monoisotopic (exact) mass is 290 g/mol. The molecule has 21 heavy (non-hydrogen) atoms. The van der Waals surface area contributed by atoms with Crippen LogP contribution in [0.5, 0.6) is 11.5 Å². The highest BCUT2D eigenvalue weighted by molar-refractivity contribution is 5.55. The van der Waals surface area contributed by atoms with Gasteiger partial charge in [0.15, 0.2) is 11.5 Å². The van der Waals surface area contributed by atoms with Crippen molar-refractivity contribution >= 4 is 5.69 Å². The van der Waals surface area contributed by atoms with Gasteiger partial charge in [0.25, 0.3) is 0 Å². The molecule has 1 atom stereocenters. The number of nitrogens with zero attached hydrogens (tertiary/aromatic N) is 1. The Bertz CT molecular complexity index is 470. The Hall–Kier alpha value is -1.42. The van der Waals surface area contributed by atoms with E-state index < -0.39 is 0 Å². The Morgan fingerprint density at radius 1 is 1.14 bits per heavy atom. The number of ether oxygens (including phenoxy) is 2. The van der Waals surface area contributed by atoms with Gasteiger partial charge in [0.05, 0.1) is 13.2 Å². The molecule has 2 aliphatic rings. The first-order valence-electron chi connectivity index (χ1n) is 8.07. The van der Waals surface area contributed by atoms with Gasteiger partial charge in [0.1, 0.15) is 0 Å². The summed E-state index contributed by atoms with van der Waals surface area (Å²) in [5.41, 5.74) is 1.13. The summed E-state index contributed by atoms with van der Waals surface area (Å²) < 4.78 is 11.4. The quantitative estimate of drug-likeness (QED) is 0.928. The zero-order valence-corrected chi connectivity index (χ0v) is 13.1. The van der Waals surface area contributed by atoms with Crippen molar-refractivity contribution in [2.24, 2.45) is 5.92 Å². The highest BCUT2D eigenvalue weighted by Crippen LogP contribution is 2.33. The van der Waals surface area contributed by atoms with Gasteiger partial charge >= 0.3 is 0 Å². The molecule has 4 heteroatoms. The summed E-state index contributed by atoms with van der Waals surface area (Å²) >= 11 is 0. The van der Waals surface area contributed by atoms with Gasteiger partial charge in [-0.3, -0.25) is 0 Å². The van der Waals surface area contributed by atoms with E-state index in [1.54, 1.807) is 0 Å². The molecule has 2 aliphatic heterocycles. The molecule has 0 radical (unpaired) electrons. The molecule has 0 aliphatic carbocycles.